The molecule has 7 heteroatoms. The van der Waals surface area contributed by atoms with E-state index in [9.17, 15) is 4.79 Å². The summed E-state index contributed by atoms with van der Waals surface area (Å²) in [5.74, 6) is 1.93. The van der Waals surface area contributed by atoms with Gasteiger partial charge in [0.15, 0.2) is 5.96 Å². The Morgan fingerprint density at radius 3 is 2.50 bits per heavy atom. The zero-order chi connectivity index (χ0) is 22.9. The van der Waals surface area contributed by atoms with Crippen molar-refractivity contribution in [3.05, 3.63) is 77.9 Å². The summed E-state index contributed by atoms with van der Waals surface area (Å²) in [7, 11) is 1.77. The van der Waals surface area contributed by atoms with E-state index in [-0.39, 0.29) is 29.9 Å². The van der Waals surface area contributed by atoms with E-state index >= 15 is 0 Å². The van der Waals surface area contributed by atoms with Crippen molar-refractivity contribution in [2.75, 3.05) is 26.7 Å². The minimum Gasteiger partial charge on any atom is -0.494 e. The monoisotopic (exact) mass is 572 g/mol. The highest BCUT2D eigenvalue weighted by molar-refractivity contribution is 14.0. The maximum absolute atomic E-state index is 11.8. The Morgan fingerprint density at radius 2 is 1.76 bits per heavy atom. The fourth-order valence-electron chi connectivity index (χ4n) is 3.99. The Labute approximate surface area is 218 Å². The molecule has 0 atom stereocenters. The molecule has 0 spiro atoms. The largest absolute Gasteiger partial charge is 0.494 e. The van der Waals surface area contributed by atoms with E-state index in [2.05, 4.69) is 64.2 Å². The van der Waals surface area contributed by atoms with Crippen molar-refractivity contribution in [1.82, 2.24) is 15.5 Å². The lowest BCUT2D eigenvalue weighted by atomic mass is 10.1. The van der Waals surface area contributed by atoms with Crippen LogP contribution in [0.1, 0.15) is 30.4 Å². The van der Waals surface area contributed by atoms with Gasteiger partial charge in [-0.25, -0.2) is 0 Å². The Balaban J connectivity index is 0.00000324. The number of carbonyl (C=O) groups is 1. The first-order chi connectivity index (χ1) is 16.2. The number of halogens is 1. The Kier molecular flexibility index (Phi) is 10.00. The average molecular weight is 572 g/mol. The van der Waals surface area contributed by atoms with Crippen LogP contribution in [0.3, 0.4) is 0 Å². The summed E-state index contributed by atoms with van der Waals surface area (Å²) in [5, 5.41) is 9.09. The molecule has 0 unspecified atom stereocenters. The van der Waals surface area contributed by atoms with Crippen molar-refractivity contribution in [1.29, 1.82) is 0 Å². The molecule has 1 fully saturated rings. The SMILES string of the molecule is CN=C(NCCCOc1ccc2ccccc2c1)NCc1ccc(CN2CCCC2=O)cc1.I. The number of nitrogens with zero attached hydrogens (tertiary/aromatic N) is 2. The molecule has 1 heterocycles. The minimum atomic E-state index is 0. The Bertz CT molecular complexity index is 1100. The molecule has 0 bridgehead atoms. The molecule has 2 N–H and O–H groups in total. The van der Waals surface area contributed by atoms with Crippen LogP contribution >= 0.6 is 24.0 Å². The van der Waals surface area contributed by atoms with Crippen molar-refractivity contribution < 1.29 is 9.53 Å². The van der Waals surface area contributed by atoms with E-state index in [4.69, 9.17) is 4.74 Å². The van der Waals surface area contributed by atoms with Gasteiger partial charge in [0.1, 0.15) is 5.75 Å². The van der Waals surface area contributed by atoms with Crippen molar-refractivity contribution in [2.45, 2.75) is 32.4 Å². The summed E-state index contributed by atoms with van der Waals surface area (Å²) in [4.78, 5) is 18.0. The molecule has 0 saturated carbocycles. The lowest BCUT2D eigenvalue weighted by Crippen LogP contribution is -2.37. The average Bonchev–Trinajstić information content (AvgIpc) is 3.25. The van der Waals surface area contributed by atoms with Crippen LogP contribution in [-0.2, 0) is 17.9 Å². The van der Waals surface area contributed by atoms with Gasteiger partial charge < -0.3 is 20.3 Å². The number of carbonyl (C=O) groups excluding carboxylic acids is 1. The first-order valence-electron chi connectivity index (χ1n) is 11.6. The topological polar surface area (TPSA) is 66.0 Å². The van der Waals surface area contributed by atoms with Gasteiger partial charge in [0, 0.05) is 39.6 Å². The van der Waals surface area contributed by atoms with Crippen molar-refractivity contribution in [3.8, 4) is 5.75 Å². The highest BCUT2D eigenvalue weighted by Crippen LogP contribution is 2.20. The molecule has 1 amide bonds. The summed E-state index contributed by atoms with van der Waals surface area (Å²) in [6.45, 7) is 3.68. The third-order valence-electron chi connectivity index (χ3n) is 5.85. The Morgan fingerprint density at radius 1 is 1.00 bits per heavy atom. The second-order valence-electron chi connectivity index (χ2n) is 8.30. The van der Waals surface area contributed by atoms with Gasteiger partial charge in [0.25, 0.3) is 0 Å². The highest BCUT2D eigenvalue weighted by atomic mass is 127. The molecule has 1 aliphatic rings. The first kappa shape index (κ1) is 25.8. The molecule has 0 radical (unpaired) electrons. The van der Waals surface area contributed by atoms with Gasteiger partial charge in [-0.15, -0.1) is 24.0 Å². The van der Waals surface area contributed by atoms with Gasteiger partial charge in [-0.1, -0.05) is 54.6 Å². The number of ether oxygens (including phenoxy) is 1. The van der Waals surface area contributed by atoms with Crippen LogP contribution in [0.25, 0.3) is 10.8 Å². The zero-order valence-corrected chi connectivity index (χ0v) is 22.0. The standard InChI is InChI=1S/C27H32N4O2.HI/c1-28-27(29-15-5-17-33-25-14-13-23-6-2-3-7-24(23)18-25)30-19-21-9-11-22(12-10-21)20-31-16-4-8-26(31)32;/h2-3,6-7,9-14,18H,4-5,8,15-17,19-20H2,1H3,(H2,28,29,30);1H. The molecule has 34 heavy (non-hydrogen) atoms. The fourth-order valence-corrected chi connectivity index (χ4v) is 3.99. The van der Waals surface area contributed by atoms with E-state index in [1.165, 1.54) is 21.9 Å². The number of aliphatic imine (C=N–C) groups is 1. The van der Waals surface area contributed by atoms with Crippen LogP contribution < -0.4 is 15.4 Å². The first-order valence-corrected chi connectivity index (χ1v) is 11.6. The van der Waals surface area contributed by atoms with E-state index < -0.39 is 0 Å². The molecule has 1 aliphatic heterocycles. The maximum Gasteiger partial charge on any atom is 0.222 e. The predicted molar refractivity (Wildman–Crippen MR) is 149 cm³/mol. The minimum absolute atomic E-state index is 0. The second-order valence-corrected chi connectivity index (χ2v) is 8.30. The number of guanidine groups is 1. The summed E-state index contributed by atoms with van der Waals surface area (Å²) in [6.07, 6.45) is 2.53. The summed E-state index contributed by atoms with van der Waals surface area (Å²) in [5.41, 5.74) is 2.34. The third-order valence-corrected chi connectivity index (χ3v) is 5.85. The zero-order valence-electron chi connectivity index (χ0n) is 19.6. The number of likely N-dealkylation sites (tertiary alicyclic amines) is 1. The van der Waals surface area contributed by atoms with Crippen LogP contribution in [-0.4, -0.2) is 43.5 Å². The van der Waals surface area contributed by atoms with Gasteiger partial charge >= 0.3 is 0 Å². The number of fused-ring (bicyclic) bond motifs is 1. The van der Waals surface area contributed by atoms with Crippen LogP contribution in [0, 0.1) is 0 Å². The third kappa shape index (κ3) is 7.35. The van der Waals surface area contributed by atoms with Gasteiger partial charge in [0.2, 0.25) is 5.91 Å². The summed E-state index contributed by atoms with van der Waals surface area (Å²) < 4.78 is 5.90. The molecule has 1 saturated heterocycles. The summed E-state index contributed by atoms with van der Waals surface area (Å²) >= 11 is 0. The number of hydrogen-bond acceptors (Lipinski definition) is 3. The molecular formula is C27H33IN4O2. The Hall–Kier alpha value is -2.81. The molecule has 4 rings (SSSR count). The summed E-state index contributed by atoms with van der Waals surface area (Å²) in [6, 6.07) is 22.9. The van der Waals surface area contributed by atoms with Crippen LogP contribution in [0.2, 0.25) is 0 Å². The van der Waals surface area contributed by atoms with Crippen molar-refractivity contribution in [2.24, 2.45) is 4.99 Å². The van der Waals surface area contributed by atoms with Gasteiger partial charge in [0.05, 0.1) is 6.61 Å². The number of rotatable bonds is 9. The van der Waals surface area contributed by atoms with E-state index in [1.54, 1.807) is 7.05 Å². The van der Waals surface area contributed by atoms with Gasteiger partial charge in [-0.05, 0) is 46.9 Å². The number of benzene rings is 3. The van der Waals surface area contributed by atoms with Gasteiger partial charge in [-0.3, -0.25) is 9.79 Å². The normalized spacial score (nSPS) is 13.6. The maximum atomic E-state index is 11.8. The van der Waals surface area contributed by atoms with E-state index in [0.717, 1.165) is 37.6 Å². The smallest absolute Gasteiger partial charge is 0.222 e. The van der Waals surface area contributed by atoms with Crippen molar-refractivity contribution >= 4 is 46.6 Å². The van der Waals surface area contributed by atoms with Crippen molar-refractivity contribution in [3.63, 3.8) is 0 Å². The lowest BCUT2D eigenvalue weighted by Gasteiger charge is -2.16. The molecular weight excluding hydrogens is 539 g/mol. The molecule has 0 aromatic heterocycles. The highest BCUT2D eigenvalue weighted by Gasteiger charge is 2.19. The lowest BCUT2D eigenvalue weighted by molar-refractivity contribution is -0.128. The second kappa shape index (κ2) is 13.2. The molecule has 6 nitrogen and oxygen atoms in total. The quantitative estimate of drug-likeness (QED) is 0.169. The molecule has 180 valence electrons. The van der Waals surface area contributed by atoms with Crippen LogP contribution in [0.5, 0.6) is 5.75 Å². The number of nitrogens with one attached hydrogen (secondary N) is 2. The van der Waals surface area contributed by atoms with E-state index in [1.807, 2.05) is 23.1 Å². The number of amides is 1. The van der Waals surface area contributed by atoms with Crippen LogP contribution in [0.15, 0.2) is 71.7 Å². The molecule has 3 aromatic rings. The molecule has 3 aromatic carbocycles. The fraction of sp³-hybridized carbons (Fsp3) is 0.333. The molecule has 0 aliphatic carbocycles. The number of hydrogen-bond donors (Lipinski definition) is 2. The van der Waals surface area contributed by atoms with E-state index in [0.29, 0.717) is 26.1 Å². The van der Waals surface area contributed by atoms with Gasteiger partial charge in [-0.2, -0.15) is 0 Å². The predicted octanol–water partition coefficient (Wildman–Crippen LogP) is 4.71. The van der Waals surface area contributed by atoms with Crippen LogP contribution in [0.4, 0.5) is 0 Å².